The van der Waals surface area contributed by atoms with Crippen LogP contribution < -0.4 is 16.4 Å². The minimum absolute atomic E-state index is 0.0697. The van der Waals surface area contributed by atoms with E-state index in [2.05, 4.69) is 46.5 Å². The van der Waals surface area contributed by atoms with E-state index in [4.69, 9.17) is 10.5 Å². The third-order valence-electron chi connectivity index (χ3n) is 3.92. The van der Waals surface area contributed by atoms with Crippen LogP contribution in [0.2, 0.25) is 0 Å². The van der Waals surface area contributed by atoms with Gasteiger partial charge in [-0.15, -0.1) is 0 Å². The third-order valence-corrected chi connectivity index (χ3v) is 4.36. The van der Waals surface area contributed by atoms with Crippen LogP contribution in [0.5, 0.6) is 0 Å². The number of nitrogens with two attached hydrogens (primary N) is 1. The number of halogens is 1. The van der Waals surface area contributed by atoms with E-state index in [9.17, 15) is 9.59 Å². The fourth-order valence-corrected chi connectivity index (χ4v) is 3.01. The second-order valence-corrected chi connectivity index (χ2v) is 8.57. The number of ether oxygens (including phenoxy) is 1. The Hall–Kier alpha value is -3.60. The second kappa shape index (κ2) is 9.27. The SMILES string of the molecule is Cc1nc(NC(=O)OC(C)(C)C)cc(-c2ccncc2NC(=O)c2nc(Br)ccc2N)n1. The highest BCUT2D eigenvalue weighted by molar-refractivity contribution is 9.10. The minimum atomic E-state index is -0.653. The molecule has 0 fully saturated rings. The van der Waals surface area contributed by atoms with E-state index in [1.165, 1.54) is 6.20 Å². The number of aromatic nitrogens is 4. The van der Waals surface area contributed by atoms with Gasteiger partial charge < -0.3 is 15.8 Å². The molecule has 0 bridgehead atoms. The number of anilines is 3. The third kappa shape index (κ3) is 5.97. The van der Waals surface area contributed by atoms with Gasteiger partial charge in [0.1, 0.15) is 21.8 Å². The zero-order valence-electron chi connectivity index (χ0n) is 17.9. The highest BCUT2D eigenvalue weighted by Crippen LogP contribution is 2.28. The summed E-state index contributed by atoms with van der Waals surface area (Å²) in [6, 6.07) is 6.49. The number of nitrogens with one attached hydrogen (secondary N) is 2. The highest BCUT2D eigenvalue weighted by Gasteiger charge is 2.19. The zero-order chi connectivity index (χ0) is 23.5. The van der Waals surface area contributed by atoms with Gasteiger partial charge >= 0.3 is 6.09 Å². The van der Waals surface area contributed by atoms with E-state index < -0.39 is 17.6 Å². The first-order valence-electron chi connectivity index (χ1n) is 9.55. The van der Waals surface area contributed by atoms with Crippen molar-refractivity contribution in [3.63, 3.8) is 0 Å². The Labute approximate surface area is 193 Å². The average Bonchev–Trinajstić information content (AvgIpc) is 2.68. The normalized spacial score (nSPS) is 11.0. The van der Waals surface area contributed by atoms with E-state index in [1.54, 1.807) is 58.2 Å². The molecule has 0 aromatic carbocycles. The van der Waals surface area contributed by atoms with Gasteiger partial charge in [0.2, 0.25) is 0 Å². The van der Waals surface area contributed by atoms with Crippen molar-refractivity contribution in [2.24, 2.45) is 0 Å². The van der Waals surface area contributed by atoms with Crippen LogP contribution in [0.1, 0.15) is 37.1 Å². The van der Waals surface area contributed by atoms with E-state index in [1.807, 2.05) is 0 Å². The lowest BCUT2D eigenvalue weighted by Gasteiger charge is -2.19. The lowest BCUT2D eigenvalue weighted by Crippen LogP contribution is -2.27. The van der Waals surface area contributed by atoms with Gasteiger partial charge in [0.15, 0.2) is 5.69 Å². The molecular weight excluding hydrogens is 478 g/mol. The summed E-state index contributed by atoms with van der Waals surface area (Å²) < 4.78 is 5.75. The molecular formula is C21H22BrN7O3. The number of carbonyl (C=O) groups is 2. The smallest absolute Gasteiger partial charge is 0.413 e. The number of amides is 2. The maximum absolute atomic E-state index is 12.8. The molecule has 0 aliphatic heterocycles. The van der Waals surface area contributed by atoms with Crippen LogP contribution in [0.3, 0.4) is 0 Å². The van der Waals surface area contributed by atoms with Gasteiger partial charge in [-0.25, -0.2) is 19.7 Å². The summed E-state index contributed by atoms with van der Waals surface area (Å²) in [4.78, 5) is 41.8. The topological polar surface area (TPSA) is 145 Å². The Morgan fingerprint density at radius 3 is 2.56 bits per heavy atom. The van der Waals surface area contributed by atoms with Gasteiger partial charge in [0.05, 0.1) is 23.3 Å². The molecule has 166 valence electrons. The van der Waals surface area contributed by atoms with Crippen LogP contribution in [0.25, 0.3) is 11.3 Å². The van der Waals surface area contributed by atoms with Gasteiger partial charge in [-0.3, -0.25) is 15.1 Å². The number of pyridine rings is 2. The molecule has 4 N–H and O–H groups in total. The Balaban J connectivity index is 1.91. The zero-order valence-corrected chi connectivity index (χ0v) is 19.5. The number of hydrogen-bond acceptors (Lipinski definition) is 8. The molecule has 0 spiro atoms. The summed E-state index contributed by atoms with van der Waals surface area (Å²) in [7, 11) is 0. The fraction of sp³-hybridized carbons (Fsp3) is 0.238. The van der Waals surface area contributed by atoms with Gasteiger partial charge in [0.25, 0.3) is 5.91 Å². The number of rotatable bonds is 4. The number of hydrogen-bond donors (Lipinski definition) is 3. The first-order valence-corrected chi connectivity index (χ1v) is 10.3. The molecule has 0 aliphatic carbocycles. The lowest BCUT2D eigenvalue weighted by atomic mass is 10.1. The van der Waals surface area contributed by atoms with Gasteiger partial charge in [-0.05, 0) is 61.8 Å². The molecule has 11 heteroatoms. The molecule has 0 saturated carbocycles. The fourth-order valence-electron chi connectivity index (χ4n) is 2.70. The van der Waals surface area contributed by atoms with Gasteiger partial charge in [-0.2, -0.15) is 0 Å². The Bertz CT molecular complexity index is 1180. The van der Waals surface area contributed by atoms with Crippen molar-refractivity contribution < 1.29 is 14.3 Å². The molecule has 32 heavy (non-hydrogen) atoms. The van der Waals surface area contributed by atoms with Crippen molar-refractivity contribution in [2.45, 2.75) is 33.3 Å². The van der Waals surface area contributed by atoms with Crippen LogP contribution in [0.4, 0.5) is 22.0 Å². The summed E-state index contributed by atoms with van der Waals surface area (Å²) in [6.07, 6.45) is 2.41. The molecule has 0 saturated heterocycles. The largest absolute Gasteiger partial charge is 0.444 e. The van der Waals surface area contributed by atoms with Gasteiger partial charge in [0, 0.05) is 17.8 Å². The predicted octanol–water partition coefficient (Wildman–Crippen LogP) is 4.19. The maximum atomic E-state index is 12.8. The minimum Gasteiger partial charge on any atom is -0.444 e. The molecule has 3 aromatic rings. The molecule has 3 aromatic heterocycles. The molecule has 2 amide bonds. The molecule has 0 aliphatic rings. The van der Waals surface area contributed by atoms with Crippen LogP contribution in [0, 0.1) is 6.92 Å². The number of carbonyl (C=O) groups excluding carboxylic acids is 2. The first kappa shape index (κ1) is 23.1. The quantitative estimate of drug-likeness (QED) is 0.453. The van der Waals surface area contributed by atoms with Crippen molar-refractivity contribution in [3.05, 3.63) is 52.8 Å². The van der Waals surface area contributed by atoms with E-state index in [-0.39, 0.29) is 17.2 Å². The monoisotopic (exact) mass is 499 g/mol. The highest BCUT2D eigenvalue weighted by atomic mass is 79.9. The standard InChI is InChI=1S/C21H22BrN7O3/c1-11-25-14(9-17(26-11)29-20(31)32-21(2,3)4)12-7-8-24-10-15(12)27-19(30)18-13(23)5-6-16(22)28-18/h5-10H,23H2,1-4H3,(H,27,30)(H,25,26,29,31). The van der Waals surface area contributed by atoms with Gasteiger partial charge in [-0.1, -0.05) is 0 Å². The Kier molecular flexibility index (Phi) is 6.68. The molecule has 3 rings (SSSR count). The van der Waals surface area contributed by atoms with Crippen LogP contribution >= 0.6 is 15.9 Å². The van der Waals surface area contributed by atoms with Crippen LogP contribution in [-0.2, 0) is 4.74 Å². The summed E-state index contributed by atoms with van der Waals surface area (Å²) in [6.45, 7) is 6.99. The molecule has 3 heterocycles. The molecule has 0 unspecified atom stereocenters. The van der Waals surface area contributed by atoms with Crippen LogP contribution in [0.15, 0.2) is 41.3 Å². The van der Waals surface area contributed by atoms with E-state index in [0.29, 0.717) is 27.4 Å². The number of aryl methyl sites for hydroxylation is 1. The maximum Gasteiger partial charge on any atom is 0.413 e. The first-order chi connectivity index (χ1) is 15.0. The summed E-state index contributed by atoms with van der Waals surface area (Å²) in [5.41, 5.74) is 6.97. The van der Waals surface area contributed by atoms with Crippen molar-refractivity contribution in [1.29, 1.82) is 0 Å². The lowest BCUT2D eigenvalue weighted by molar-refractivity contribution is 0.0635. The van der Waals surface area contributed by atoms with Crippen molar-refractivity contribution in [2.75, 3.05) is 16.4 Å². The predicted molar refractivity (Wildman–Crippen MR) is 124 cm³/mol. The van der Waals surface area contributed by atoms with Crippen molar-refractivity contribution in [1.82, 2.24) is 19.9 Å². The molecule has 10 nitrogen and oxygen atoms in total. The molecule has 0 radical (unpaired) electrons. The summed E-state index contributed by atoms with van der Waals surface area (Å²) in [5.74, 6) is 0.171. The van der Waals surface area contributed by atoms with Crippen LogP contribution in [-0.4, -0.2) is 37.5 Å². The number of nitrogens with zero attached hydrogens (tertiary/aromatic N) is 4. The van der Waals surface area contributed by atoms with E-state index in [0.717, 1.165) is 0 Å². The second-order valence-electron chi connectivity index (χ2n) is 7.76. The Morgan fingerprint density at radius 2 is 1.84 bits per heavy atom. The molecule has 0 atom stereocenters. The Morgan fingerprint density at radius 1 is 1.09 bits per heavy atom. The average molecular weight is 500 g/mol. The van der Waals surface area contributed by atoms with Crippen molar-refractivity contribution in [3.8, 4) is 11.3 Å². The number of nitrogen functional groups attached to an aromatic ring is 1. The van der Waals surface area contributed by atoms with E-state index >= 15 is 0 Å². The van der Waals surface area contributed by atoms with Crippen molar-refractivity contribution >= 4 is 45.1 Å². The summed E-state index contributed by atoms with van der Waals surface area (Å²) >= 11 is 3.23. The summed E-state index contributed by atoms with van der Waals surface area (Å²) in [5, 5.41) is 5.37.